The average molecular weight is 257 g/mol. The minimum atomic E-state index is -0.822. The Bertz CT molecular complexity index is 281. The van der Waals surface area contributed by atoms with Crippen molar-refractivity contribution in [3.05, 3.63) is 0 Å². The van der Waals surface area contributed by atoms with Crippen molar-refractivity contribution in [2.45, 2.75) is 66.3 Å². The highest BCUT2D eigenvalue weighted by atomic mass is 16.4. The molecule has 0 aromatic heterocycles. The topological polar surface area (TPSA) is 66.4 Å². The molecule has 0 radical (unpaired) electrons. The van der Waals surface area contributed by atoms with Gasteiger partial charge in [-0.25, -0.2) is 0 Å². The Hall–Kier alpha value is -1.06. The Kier molecular flexibility index (Phi) is 6.96. The van der Waals surface area contributed by atoms with Crippen LogP contribution in [0.4, 0.5) is 0 Å². The normalized spacial score (nSPS) is 14.9. The fraction of sp³-hybridized carbons (Fsp3) is 0.857. The molecule has 0 spiro atoms. The highest BCUT2D eigenvalue weighted by molar-refractivity contribution is 5.76. The number of carboxylic acid groups (broad SMARTS) is 1. The molecule has 0 fully saturated rings. The third-order valence-electron chi connectivity index (χ3n) is 2.69. The van der Waals surface area contributed by atoms with Gasteiger partial charge in [0.25, 0.3) is 0 Å². The standard InChI is InChI=1S/C14H27NO3/c1-10(9-14(3,4)5)8-12(16)15-11(2)6-7-13(17)18/h10-11H,6-9H2,1-5H3,(H,15,16)(H,17,18). The molecule has 106 valence electrons. The van der Waals surface area contributed by atoms with E-state index in [2.05, 4.69) is 33.0 Å². The number of aliphatic carboxylic acids is 1. The maximum absolute atomic E-state index is 11.7. The molecular weight excluding hydrogens is 230 g/mol. The van der Waals surface area contributed by atoms with Crippen molar-refractivity contribution in [3.63, 3.8) is 0 Å². The van der Waals surface area contributed by atoms with Gasteiger partial charge in [0.1, 0.15) is 0 Å². The Morgan fingerprint density at radius 3 is 2.22 bits per heavy atom. The molecule has 4 nitrogen and oxygen atoms in total. The first-order chi connectivity index (χ1) is 8.10. The minimum Gasteiger partial charge on any atom is -0.481 e. The molecule has 0 aromatic carbocycles. The van der Waals surface area contributed by atoms with Gasteiger partial charge in [0, 0.05) is 18.9 Å². The van der Waals surface area contributed by atoms with Crippen LogP contribution in [0.25, 0.3) is 0 Å². The second kappa shape index (κ2) is 7.39. The van der Waals surface area contributed by atoms with Gasteiger partial charge in [0.2, 0.25) is 5.91 Å². The predicted octanol–water partition coefficient (Wildman–Crippen LogP) is 2.82. The van der Waals surface area contributed by atoms with Gasteiger partial charge in [-0.3, -0.25) is 9.59 Å². The molecule has 0 heterocycles. The third kappa shape index (κ3) is 10.1. The van der Waals surface area contributed by atoms with E-state index < -0.39 is 5.97 Å². The van der Waals surface area contributed by atoms with Crippen LogP contribution >= 0.6 is 0 Å². The fourth-order valence-corrected chi connectivity index (χ4v) is 2.18. The summed E-state index contributed by atoms with van der Waals surface area (Å²) in [6, 6.07) is -0.0737. The van der Waals surface area contributed by atoms with Crippen LogP contribution in [0.3, 0.4) is 0 Å². The third-order valence-corrected chi connectivity index (χ3v) is 2.69. The number of rotatable bonds is 7. The molecule has 4 heteroatoms. The number of carbonyl (C=O) groups is 2. The zero-order valence-corrected chi connectivity index (χ0v) is 12.2. The van der Waals surface area contributed by atoms with E-state index in [0.717, 1.165) is 6.42 Å². The number of carboxylic acids is 1. The monoisotopic (exact) mass is 257 g/mol. The Morgan fingerprint density at radius 2 is 1.78 bits per heavy atom. The first-order valence-electron chi connectivity index (χ1n) is 6.61. The molecule has 2 atom stereocenters. The van der Waals surface area contributed by atoms with Gasteiger partial charge in [-0.2, -0.15) is 0 Å². The van der Waals surface area contributed by atoms with Gasteiger partial charge >= 0.3 is 5.97 Å². The van der Waals surface area contributed by atoms with Crippen LogP contribution in [-0.4, -0.2) is 23.0 Å². The fourth-order valence-electron chi connectivity index (χ4n) is 2.18. The zero-order chi connectivity index (χ0) is 14.3. The van der Waals surface area contributed by atoms with Crippen LogP contribution in [0.2, 0.25) is 0 Å². The number of hydrogen-bond donors (Lipinski definition) is 2. The zero-order valence-electron chi connectivity index (χ0n) is 12.2. The van der Waals surface area contributed by atoms with E-state index in [-0.39, 0.29) is 23.8 Å². The maximum atomic E-state index is 11.7. The van der Waals surface area contributed by atoms with Crippen molar-refractivity contribution in [2.75, 3.05) is 0 Å². The van der Waals surface area contributed by atoms with Gasteiger partial charge in [0.15, 0.2) is 0 Å². The van der Waals surface area contributed by atoms with Crippen LogP contribution in [0.1, 0.15) is 60.3 Å². The van der Waals surface area contributed by atoms with Crippen molar-refractivity contribution in [1.82, 2.24) is 5.32 Å². The lowest BCUT2D eigenvalue weighted by molar-refractivity contribution is -0.137. The molecule has 0 bridgehead atoms. The van der Waals surface area contributed by atoms with Crippen LogP contribution in [0.5, 0.6) is 0 Å². The minimum absolute atomic E-state index is 0.0182. The molecule has 0 saturated carbocycles. The van der Waals surface area contributed by atoms with Crippen molar-refractivity contribution in [1.29, 1.82) is 0 Å². The van der Waals surface area contributed by atoms with Crippen LogP contribution in [0.15, 0.2) is 0 Å². The van der Waals surface area contributed by atoms with E-state index in [4.69, 9.17) is 5.11 Å². The number of carbonyl (C=O) groups excluding carboxylic acids is 1. The smallest absolute Gasteiger partial charge is 0.303 e. The highest BCUT2D eigenvalue weighted by Crippen LogP contribution is 2.25. The van der Waals surface area contributed by atoms with Gasteiger partial charge < -0.3 is 10.4 Å². The maximum Gasteiger partial charge on any atom is 0.303 e. The summed E-state index contributed by atoms with van der Waals surface area (Å²) < 4.78 is 0. The van der Waals surface area contributed by atoms with E-state index in [9.17, 15) is 9.59 Å². The molecule has 2 unspecified atom stereocenters. The van der Waals surface area contributed by atoms with E-state index in [1.54, 1.807) is 0 Å². The largest absolute Gasteiger partial charge is 0.481 e. The molecule has 18 heavy (non-hydrogen) atoms. The lowest BCUT2D eigenvalue weighted by Gasteiger charge is -2.23. The predicted molar refractivity (Wildman–Crippen MR) is 72.3 cm³/mol. The van der Waals surface area contributed by atoms with E-state index in [0.29, 0.717) is 18.8 Å². The van der Waals surface area contributed by atoms with Crippen molar-refractivity contribution in [2.24, 2.45) is 11.3 Å². The van der Waals surface area contributed by atoms with E-state index >= 15 is 0 Å². The SMILES string of the molecule is CC(CC(=O)NC(C)CCC(=O)O)CC(C)(C)C. The number of nitrogens with one attached hydrogen (secondary N) is 1. The Labute approximate surface area is 110 Å². The van der Waals surface area contributed by atoms with Crippen molar-refractivity contribution >= 4 is 11.9 Å². The molecule has 0 rings (SSSR count). The first-order valence-corrected chi connectivity index (χ1v) is 6.61. The summed E-state index contributed by atoms with van der Waals surface area (Å²) in [5, 5.41) is 11.4. The summed E-state index contributed by atoms with van der Waals surface area (Å²) >= 11 is 0. The van der Waals surface area contributed by atoms with E-state index in [1.807, 2.05) is 6.92 Å². The summed E-state index contributed by atoms with van der Waals surface area (Å²) in [5.74, 6) is -0.460. The number of hydrogen-bond acceptors (Lipinski definition) is 2. The Balaban J connectivity index is 3.92. The first kappa shape index (κ1) is 16.9. The molecule has 2 N–H and O–H groups in total. The molecule has 0 aliphatic heterocycles. The summed E-state index contributed by atoms with van der Waals surface area (Å²) in [6.45, 7) is 10.4. The highest BCUT2D eigenvalue weighted by Gasteiger charge is 2.18. The van der Waals surface area contributed by atoms with E-state index in [1.165, 1.54) is 0 Å². The lowest BCUT2D eigenvalue weighted by Crippen LogP contribution is -2.34. The molecule has 0 aliphatic rings. The summed E-state index contributed by atoms with van der Waals surface area (Å²) in [5.41, 5.74) is 0.231. The second-order valence-corrected chi connectivity index (χ2v) is 6.48. The van der Waals surface area contributed by atoms with Crippen molar-refractivity contribution in [3.8, 4) is 0 Å². The summed E-state index contributed by atoms with van der Waals surface area (Å²) in [6.07, 6.45) is 2.09. The van der Waals surface area contributed by atoms with Crippen LogP contribution in [0, 0.1) is 11.3 Å². The van der Waals surface area contributed by atoms with Crippen LogP contribution < -0.4 is 5.32 Å². The van der Waals surface area contributed by atoms with Crippen molar-refractivity contribution < 1.29 is 14.7 Å². The molecule has 0 saturated heterocycles. The van der Waals surface area contributed by atoms with Gasteiger partial charge in [-0.1, -0.05) is 27.7 Å². The molecular formula is C14H27NO3. The molecule has 1 amide bonds. The van der Waals surface area contributed by atoms with Gasteiger partial charge in [-0.05, 0) is 31.1 Å². The molecule has 0 aromatic rings. The number of amides is 1. The summed E-state index contributed by atoms with van der Waals surface area (Å²) in [4.78, 5) is 22.1. The van der Waals surface area contributed by atoms with Gasteiger partial charge in [-0.15, -0.1) is 0 Å². The summed E-state index contributed by atoms with van der Waals surface area (Å²) in [7, 11) is 0. The average Bonchev–Trinajstić information content (AvgIpc) is 2.10. The Morgan fingerprint density at radius 1 is 1.22 bits per heavy atom. The van der Waals surface area contributed by atoms with Gasteiger partial charge in [0.05, 0.1) is 0 Å². The lowest BCUT2D eigenvalue weighted by atomic mass is 9.84. The quantitative estimate of drug-likeness (QED) is 0.737. The molecule has 0 aliphatic carbocycles. The van der Waals surface area contributed by atoms with Crippen LogP contribution in [-0.2, 0) is 9.59 Å². The second-order valence-electron chi connectivity index (χ2n) is 6.48.